The van der Waals surface area contributed by atoms with Crippen molar-refractivity contribution in [2.45, 2.75) is 11.9 Å². The van der Waals surface area contributed by atoms with Gasteiger partial charge in [0, 0.05) is 23.0 Å². The van der Waals surface area contributed by atoms with Gasteiger partial charge in [-0.3, -0.25) is 9.20 Å². The van der Waals surface area contributed by atoms with E-state index in [0.717, 1.165) is 28.3 Å². The first-order valence-electron chi connectivity index (χ1n) is 6.18. The summed E-state index contributed by atoms with van der Waals surface area (Å²) in [7, 11) is 0. The highest BCUT2D eigenvalue weighted by molar-refractivity contribution is 7.98. The zero-order valence-electron chi connectivity index (χ0n) is 11.2. The summed E-state index contributed by atoms with van der Waals surface area (Å²) < 4.78 is 1.94. The van der Waals surface area contributed by atoms with Gasteiger partial charge in [0.25, 0.3) is 0 Å². The quantitative estimate of drug-likeness (QED) is 0.420. The van der Waals surface area contributed by atoms with E-state index < -0.39 is 0 Å². The van der Waals surface area contributed by atoms with Gasteiger partial charge in [0.15, 0.2) is 6.29 Å². The standard InChI is InChI=1S/C15H13N3OS/c1-10-7-14(20-2)17-15-16-13(8-18(10)15)12-6-4-3-5-11(12)9-19/h3-9H,1-2H3. The largest absolute Gasteiger partial charge is 0.298 e. The molecule has 100 valence electrons. The maximum atomic E-state index is 11.1. The molecule has 0 fully saturated rings. The van der Waals surface area contributed by atoms with E-state index in [-0.39, 0.29) is 0 Å². The summed E-state index contributed by atoms with van der Waals surface area (Å²) in [6.07, 6.45) is 4.76. The third-order valence-corrected chi connectivity index (χ3v) is 3.81. The molecule has 0 saturated heterocycles. The summed E-state index contributed by atoms with van der Waals surface area (Å²) >= 11 is 1.59. The van der Waals surface area contributed by atoms with Crippen molar-refractivity contribution in [2.75, 3.05) is 6.26 Å². The Hall–Kier alpha value is -2.14. The van der Waals surface area contributed by atoms with Crippen molar-refractivity contribution in [2.24, 2.45) is 0 Å². The van der Waals surface area contributed by atoms with Crippen molar-refractivity contribution in [3.8, 4) is 11.3 Å². The van der Waals surface area contributed by atoms with Crippen molar-refractivity contribution in [1.29, 1.82) is 0 Å². The second-order valence-electron chi connectivity index (χ2n) is 4.44. The van der Waals surface area contributed by atoms with Gasteiger partial charge in [-0.15, -0.1) is 11.8 Å². The lowest BCUT2D eigenvalue weighted by atomic mass is 10.1. The minimum Gasteiger partial charge on any atom is -0.298 e. The fourth-order valence-corrected chi connectivity index (χ4v) is 2.62. The van der Waals surface area contributed by atoms with Crippen LogP contribution in [0.2, 0.25) is 0 Å². The van der Waals surface area contributed by atoms with Gasteiger partial charge in [-0.2, -0.15) is 0 Å². The molecule has 2 aromatic heterocycles. The first kappa shape index (κ1) is 12.9. The Kier molecular flexibility index (Phi) is 3.28. The zero-order chi connectivity index (χ0) is 14.1. The minimum absolute atomic E-state index is 0.638. The van der Waals surface area contributed by atoms with E-state index in [9.17, 15) is 4.79 Å². The van der Waals surface area contributed by atoms with Gasteiger partial charge < -0.3 is 0 Å². The van der Waals surface area contributed by atoms with Crippen LogP contribution in [0.5, 0.6) is 0 Å². The maximum absolute atomic E-state index is 11.1. The number of nitrogens with zero attached hydrogens (tertiary/aromatic N) is 3. The number of thioether (sulfide) groups is 1. The summed E-state index contributed by atoms with van der Waals surface area (Å²) in [4.78, 5) is 20.2. The Labute approximate surface area is 120 Å². The lowest BCUT2D eigenvalue weighted by Crippen LogP contribution is -1.93. The molecule has 3 rings (SSSR count). The van der Waals surface area contributed by atoms with Crippen molar-refractivity contribution >= 4 is 23.8 Å². The third kappa shape index (κ3) is 2.10. The summed E-state index contributed by atoms with van der Waals surface area (Å²) in [5.74, 6) is 0.657. The van der Waals surface area contributed by atoms with Gasteiger partial charge in [0.05, 0.1) is 5.69 Å². The van der Waals surface area contributed by atoms with Gasteiger partial charge in [0.2, 0.25) is 5.78 Å². The van der Waals surface area contributed by atoms with Crippen LogP contribution in [-0.2, 0) is 0 Å². The molecule has 20 heavy (non-hydrogen) atoms. The molecule has 0 radical (unpaired) electrons. The number of imidazole rings is 1. The molecule has 0 bridgehead atoms. The monoisotopic (exact) mass is 283 g/mol. The normalized spacial score (nSPS) is 10.9. The van der Waals surface area contributed by atoms with E-state index in [4.69, 9.17) is 0 Å². The summed E-state index contributed by atoms with van der Waals surface area (Å²) in [6, 6.07) is 9.46. The molecular formula is C15H13N3OS. The Morgan fingerprint density at radius 1 is 1.25 bits per heavy atom. The number of aldehydes is 1. The molecule has 0 unspecified atom stereocenters. The molecule has 4 nitrogen and oxygen atoms in total. The Morgan fingerprint density at radius 2 is 2.05 bits per heavy atom. The number of carbonyl (C=O) groups excluding carboxylic acids is 1. The number of benzene rings is 1. The van der Waals surface area contributed by atoms with Crippen LogP contribution in [0.25, 0.3) is 17.0 Å². The van der Waals surface area contributed by atoms with Crippen molar-refractivity contribution in [3.05, 3.63) is 47.8 Å². The van der Waals surface area contributed by atoms with Crippen LogP contribution in [0.1, 0.15) is 16.1 Å². The van der Waals surface area contributed by atoms with Gasteiger partial charge >= 0.3 is 0 Å². The predicted molar refractivity (Wildman–Crippen MR) is 80.3 cm³/mol. The van der Waals surface area contributed by atoms with E-state index in [2.05, 4.69) is 9.97 Å². The van der Waals surface area contributed by atoms with Gasteiger partial charge in [-0.05, 0) is 19.2 Å². The van der Waals surface area contributed by atoms with E-state index in [0.29, 0.717) is 11.3 Å². The van der Waals surface area contributed by atoms with Crippen LogP contribution >= 0.6 is 11.8 Å². The molecule has 1 aromatic carbocycles. The summed E-state index contributed by atoms with van der Waals surface area (Å²) in [5, 5.41) is 0.941. The zero-order valence-corrected chi connectivity index (χ0v) is 12.0. The lowest BCUT2D eigenvalue weighted by molar-refractivity contribution is 0.112. The fraction of sp³-hybridized carbons (Fsp3) is 0.133. The van der Waals surface area contributed by atoms with Crippen LogP contribution in [0, 0.1) is 6.92 Å². The maximum Gasteiger partial charge on any atom is 0.235 e. The van der Waals surface area contributed by atoms with Gasteiger partial charge in [0.1, 0.15) is 5.03 Å². The molecule has 0 spiro atoms. The minimum atomic E-state index is 0.638. The topological polar surface area (TPSA) is 47.3 Å². The summed E-state index contributed by atoms with van der Waals surface area (Å²) in [5.41, 5.74) is 3.31. The molecule has 0 aliphatic rings. The molecule has 3 aromatic rings. The number of hydrogen-bond donors (Lipinski definition) is 0. The third-order valence-electron chi connectivity index (χ3n) is 3.18. The first-order valence-corrected chi connectivity index (χ1v) is 7.40. The van der Waals surface area contributed by atoms with Gasteiger partial charge in [-0.25, -0.2) is 9.97 Å². The number of rotatable bonds is 3. The average molecular weight is 283 g/mol. The van der Waals surface area contributed by atoms with Crippen LogP contribution < -0.4 is 0 Å². The van der Waals surface area contributed by atoms with Crippen molar-refractivity contribution < 1.29 is 4.79 Å². The smallest absolute Gasteiger partial charge is 0.235 e. The molecular weight excluding hydrogens is 270 g/mol. The van der Waals surface area contributed by atoms with Crippen LogP contribution in [0.3, 0.4) is 0 Å². The lowest BCUT2D eigenvalue weighted by Gasteiger charge is -2.00. The number of aryl methyl sites for hydroxylation is 1. The molecule has 0 saturated carbocycles. The number of hydrogen-bond acceptors (Lipinski definition) is 4. The first-order chi connectivity index (χ1) is 9.72. The second kappa shape index (κ2) is 5.09. The van der Waals surface area contributed by atoms with E-state index in [1.54, 1.807) is 17.8 Å². The number of carbonyl (C=O) groups is 1. The van der Waals surface area contributed by atoms with Crippen molar-refractivity contribution in [3.63, 3.8) is 0 Å². The highest BCUT2D eigenvalue weighted by atomic mass is 32.2. The highest BCUT2D eigenvalue weighted by Crippen LogP contribution is 2.23. The highest BCUT2D eigenvalue weighted by Gasteiger charge is 2.11. The molecule has 5 heteroatoms. The van der Waals surface area contributed by atoms with Gasteiger partial charge in [-0.1, -0.05) is 24.3 Å². The van der Waals surface area contributed by atoms with Crippen LogP contribution in [0.15, 0.2) is 41.6 Å². The SMILES string of the molecule is CSc1cc(C)n2cc(-c3ccccc3C=O)nc2n1. The van der Waals surface area contributed by atoms with E-state index in [1.807, 2.05) is 48.0 Å². The Bertz CT molecular complexity index is 795. The molecule has 0 N–H and O–H groups in total. The molecule has 0 aliphatic heterocycles. The number of aromatic nitrogens is 3. The summed E-state index contributed by atoms with van der Waals surface area (Å²) in [6.45, 7) is 2.02. The second-order valence-corrected chi connectivity index (χ2v) is 5.27. The molecule has 0 atom stereocenters. The van der Waals surface area contributed by atoms with Crippen molar-refractivity contribution in [1.82, 2.24) is 14.4 Å². The number of fused-ring (bicyclic) bond motifs is 1. The Morgan fingerprint density at radius 3 is 2.80 bits per heavy atom. The molecule has 0 amide bonds. The van der Waals surface area contributed by atoms with E-state index >= 15 is 0 Å². The molecule has 0 aliphatic carbocycles. The average Bonchev–Trinajstić information content (AvgIpc) is 2.91. The predicted octanol–water partition coefficient (Wildman–Crippen LogP) is 3.24. The van der Waals surface area contributed by atoms with E-state index in [1.165, 1.54) is 0 Å². The van der Waals surface area contributed by atoms with Crippen LogP contribution in [-0.4, -0.2) is 26.9 Å². The Balaban J connectivity index is 2.23. The molecule has 2 heterocycles. The fourth-order valence-electron chi connectivity index (χ4n) is 2.16. The van der Waals surface area contributed by atoms with Crippen LogP contribution in [0.4, 0.5) is 0 Å².